The standard InChI is InChI=1S/C20H22N2O2/c1-14-11-15(12-21)13-22(14)20(24)18-10-6-5-9-17(18)19(23)16-7-3-2-4-8-16/h2-10,14-15H,11-13,21H2,1H3. The average molecular weight is 322 g/mol. The smallest absolute Gasteiger partial charge is 0.254 e. The first-order valence-electron chi connectivity index (χ1n) is 8.31. The van der Waals surface area contributed by atoms with Crippen molar-refractivity contribution in [2.24, 2.45) is 11.7 Å². The Balaban J connectivity index is 1.92. The van der Waals surface area contributed by atoms with Gasteiger partial charge in [0.2, 0.25) is 0 Å². The van der Waals surface area contributed by atoms with Crippen molar-refractivity contribution in [1.82, 2.24) is 4.90 Å². The van der Waals surface area contributed by atoms with E-state index < -0.39 is 0 Å². The third kappa shape index (κ3) is 3.10. The van der Waals surface area contributed by atoms with Crippen LogP contribution in [0.2, 0.25) is 0 Å². The van der Waals surface area contributed by atoms with E-state index >= 15 is 0 Å². The van der Waals surface area contributed by atoms with Crippen LogP contribution < -0.4 is 5.73 Å². The van der Waals surface area contributed by atoms with Gasteiger partial charge in [0.05, 0.1) is 5.56 Å². The van der Waals surface area contributed by atoms with Crippen LogP contribution in [0.3, 0.4) is 0 Å². The Morgan fingerprint density at radius 3 is 2.29 bits per heavy atom. The zero-order valence-corrected chi connectivity index (χ0v) is 13.8. The maximum atomic E-state index is 13.0. The van der Waals surface area contributed by atoms with E-state index in [2.05, 4.69) is 0 Å². The summed E-state index contributed by atoms with van der Waals surface area (Å²) in [7, 11) is 0. The van der Waals surface area contributed by atoms with Gasteiger partial charge in [-0.2, -0.15) is 0 Å². The SMILES string of the molecule is CC1CC(CN)CN1C(=O)c1ccccc1C(=O)c1ccccc1. The molecule has 3 rings (SSSR count). The van der Waals surface area contributed by atoms with Crippen LogP contribution in [0.25, 0.3) is 0 Å². The maximum Gasteiger partial charge on any atom is 0.254 e. The van der Waals surface area contributed by atoms with E-state index in [1.54, 1.807) is 36.4 Å². The van der Waals surface area contributed by atoms with Crippen molar-refractivity contribution in [3.05, 3.63) is 71.3 Å². The first kappa shape index (κ1) is 16.4. The van der Waals surface area contributed by atoms with Crippen molar-refractivity contribution in [2.45, 2.75) is 19.4 Å². The highest BCUT2D eigenvalue weighted by Crippen LogP contribution is 2.26. The normalized spacial score (nSPS) is 20.2. The number of carbonyl (C=O) groups is 2. The number of amides is 1. The highest BCUT2D eigenvalue weighted by atomic mass is 16.2. The van der Waals surface area contributed by atoms with Crippen LogP contribution in [0.1, 0.15) is 39.6 Å². The van der Waals surface area contributed by atoms with Gasteiger partial charge in [-0.1, -0.05) is 48.5 Å². The van der Waals surface area contributed by atoms with Gasteiger partial charge >= 0.3 is 0 Å². The Labute approximate surface area is 142 Å². The number of carbonyl (C=O) groups excluding carboxylic acids is 2. The van der Waals surface area contributed by atoms with Gasteiger partial charge in [-0.3, -0.25) is 9.59 Å². The van der Waals surface area contributed by atoms with Gasteiger partial charge in [0.25, 0.3) is 5.91 Å². The number of likely N-dealkylation sites (tertiary alicyclic amines) is 1. The third-order valence-electron chi connectivity index (χ3n) is 4.69. The summed E-state index contributed by atoms with van der Waals surface area (Å²) in [6.07, 6.45) is 0.914. The molecule has 0 bridgehead atoms. The molecule has 2 aromatic carbocycles. The molecule has 0 saturated carbocycles. The van der Waals surface area contributed by atoms with E-state index in [0.717, 1.165) is 6.42 Å². The fourth-order valence-corrected chi connectivity index (χ4v) is 3.36. The molecule has 4 nitrogen and oxygen atoms in total. The van der Waals surface area contributed by atoms with Crippen LogP contribution in [-0.2, 0) is 0 Å². The first-order valence-corrected chi connectivity index (χ1v) is 8.31. The molecule has 1 saturated heterocycles. The number of nitrogens with two attached hydrogens (primary N) is 1. The zero-order valence-electron chi connectivity index (χ0n) is 13.8. The van der Waals surface area contributed by atoms with Crippen molar-refractivity contribution in [1.29, 1.82) is 0 Å². The number of rotatable bonds is 4. The largest absolute Gasteiger partial charge is 0.336 e. The average Bonchev–Trinajstić information content (AvgIpc) is 3.02. The lowest BCUT2D eigenvalue weighted by molar-refractivity contribution is 0.0739. The molecular weight excluding hydrogens is 300 g/mol. The summed E-state index contributed by atoms with van der Waals surface area (Å²) in [5.74, 6) is 0.126. The number of benzene rings is 2. The molecule has 2 unspecified atom stereocenters. The lowest BCUT2D eigenvalue weighted by atomic mass is 9.97. The maximum absolute atomic E-state index is 13.0. The quantitative estimate of drug-likeness (QED) is 0.880. The lowest BCUT2D eigenvalue weighted by Crippen LogP contribution is -2.35. The van der Waals surface area contributed by atoms with Crippen molar-refractivity contribution < 1.29 is 9.59 Å². The van der Waals surface area contributed by atoms with Crippen LogP contribution in [0, 0.1) is 5.92 Å². The molecule has 1 aliphatic rings. The van der Waals surface area contributed by atoms with Crippen LogP contribution in [-0.4, -0.2) is 35.7 Å². The molecule has 124 valence electrons. The Kier molecular flexibility index (Phi) is 4.76. The minimum absolute atomic E-state index is 0.0849. The number of hydrogen-bond donors (Lipinski definition) is 1. The van der Waals surface area contributed by atoms with E-state index in [9.17, 15) is 9.59 Å². The summed E-state index contributed by atoms with van der Waals surface area (Å²) in [6, 6.07) is 16.3. The Bertz CT molecular complexity index is 742. The predicted molar refractivity (Wildman–Crippen MR) is 94.0 cm³/mol. The van der Waals surface area contributed by atoms with Crippen LogP contribution in [0.4, 0.5) is 0 Å². The second-order valence-electron chi connectivity index (χ2n) is 6.38. The Morgan fingerprint density at radius 1 is 1.04 bits per heavy atom. The molecule has 1 aliphatic heterocycles. The van der Waals surface area contributed by atoms with Gasteiger partial charge in [0, 0.05) is 23.7 Å². The highest BCUT2D eigenvalue weighted by Gasteiger charge is 2.33. The Hall–Kier alpha value is -2.46. The molecule has 0 spiro atoms. The summed E-state index contributed by atoms with van der Waals surface area (Å²) >= 11 is 0. The molecular formula is C20H22N2O2. The molecule has 24 heavy (non-hydrogen) atoms. The summed E-state index contributed by atoms with van der Waals surface area (Å²) in [4.78, 5) is 27.6. The monoisotopic (exact) mass is 322 g/mol. The predicted octanol–water partition coefficient (Wildman–Crippen LogP) is 2.73. The molecule has 0 aromatic heterocycles. The highest BCUT2D eigenvalue weighted by molar-refractivity contribution is 6.15. The molecule has 1 heterocycles. The molecule has 1 amide bonds. The number of ketones is 1. The van der Waals surface area contributed by atoms with E-state index in [1.165, 1.54) is 0 Å². The molecule has 2 atom stereocenters. The van der Waals surface area contributed by atoms with Gasteiger partial charge < -0.3 is 10.6 Å². The van der Waals surface area contributed by atoms with Gasteiger partial charge in [0.15, 0.2) is 5.78 Å². The second kappa shape index (κ2) is 6.97. The van der Waals surface area contributed by atoms with Crippen molar-refractivity contribution in [3.8, 4) is 0 Å². The van der Waals surface area contributed by atoms with Crippen LogP contribution in [0.5, 0.6) is 0 Å². The van der Waals surface area contributed by atoms with Crippen LogP contribution in [0.15, 0.2) is 54.6 Å². The molecule has 0 aliphatic carbocycles. The Morgan fingerprint density at radius 2 is 1.67 bits per heavy atom. The van der Waals surface area contributed by atoms with Crippen molar-refractivity contribution >= 4 is 11.7 Å². The number of nitrogens with zero attached hydrogens (tertiary/aromatic N) is 1. The minimum atomic E-state index is -0.123. The molecule has 4 heteroatoms. The van der Waals surface area contributed by atoms with Crippen molar-refractivity contribution in [2.75, 3.05) is 13.1 Å². The second-order valence-corrected chi connectivity index (χ2v) is 6.38. The number of hydrogen-bond acceptors (Lipinski definition) is 3. The molecule has 2 aromatic rings. The topological polar surface area (TPSA) is 63.4 Å². The lowest BCUT2D eigenvalue weighted by Gasteiger charge is -2.22. The fourth-order valence-electron chi connectivity index (χ4n) is 3.36. The van der Waals surface area contributed by atoms with Gasteiger partial charge in [-0.05, 0) is 31.9 Å². The van der Waals surface area contributed by atoms with Crippen LogP contribution >= 0.6 is 0 Å². The molecule has 2 N–H and O–H groups in total. The van der Waals surface area contributed by atoms with Gasteiger partial charge in [-0.25, -0.2) is 0 Å². The van der Waals surface area contributed by atoms with Gasteiger partial charge in [-0.15, -0.1) is 0 Å². The van der Waals surface area contributed by atoms with E-state index in [1.807, 2.05) is 30.0 Å². The summed E-state index contributed by atoms with van der Waals surface area (Å²) < 4.78 is 0. The van der Waals surface area contributed by atoms with Gasteiger partial charge in [0.1, 0.15) is 0 Å². The third-order valence-corrected chi connectivity index (χ3v) is 4.69. The van der Waals surface area contributed by atoms with E-state index in [4.69, 9.17) is 5.73 Å². The fraction of sp³-hybridized carbons (Fsp3) is 0.300. The summed E-state index contributed by atoms with van der Waals surface area (Å²) in [5, 5.41) is 0. The van der Waals surface area contributed by atoms with E-state index in [0.29, 0.717) is 35.7 Å². The first-order chi connectivity index (χ1) is 11.6. The summed E-state index contributed by atoms with van der Waals surface area (Å²) in [6.45, 7) is 3.28. The molecule has 1 fully saturated rings. The van der Waals surface area contributed by atoms with Crippen molar-refractivity contribution in [3.63, 3.8) is 0 Å². The zero-order chi connectivity index (χ0) is 17.1. The van der Waals surface area contributed by atoms with E-state index in [-0.39, 0.29) is 17.7 Å². The minimum Gasteiger partial charge on any atom is -0.336 e. The summed E-state index contributed by atoms with van der Waals surface area (Å²) in [5.41, 5.74) is 7.27. The molecule has 0 radical (unpaired) electrons.